The Morgan fingerprint density at radius 3 is 2.58 bits per heavy atom. The first-order valence-electron chi connectivity index (χ1n) is 5.46. The third-order valence-electron chi connectivity index (χ3n) is 2.84. The number of nitrogens with zero attached hydrogens (tertiary/aromatic N) is 2. The highest BCUT2D eigenvalue weighted by Crippen LogP contribution is 2.26. The van der Waals surface area contributed by atoms with Crippen molar-refractivity contribution in [3.63, 3.8) is 0 Å². The van der Waals surface area contributed by atoms with E-state index in [-0.39, 0.29) is 5.76 Å². The molecule has 0 aliphatic rings. The monoisotopic (exact) mass is 278 g/mol. The first-order valence-corrected chi connectivity index (χ1v) is 6.90. The van der Waals surface area contributed by atoms with Crippen LogP contribution >= 0.6 is 0 Å². The zero-order valence-electron chi connectivity index (χ0n) is 9.94. The van der Waals surface area contributed by atoms with Crippen molar-refractivity contribution in [1.29, 1.82) is 0 Å². The summed E-state index contributed by atoms with van der Waals surface area (Å²) in [5.41, 5.74) is 1.69. The molecule has 0 saturated heterocycles. The van der Waals surface area contributed by atoms with E-state index in [4.69, 9.17) is 8.97 Å². The van der Waals surface area contributed by atoms with E-state index in [1.807, 2.05) is 24.3 Å². The van der Waals surface area contributed by atoms with Gasteiger partial charge in [0.05, 0.1) is 11.0 Å². The van der Waals surface area contributed by atoms with Gasteiger partial charge in [0.25, 0.3) is 0 Å². The summed E-state index contributed by atoms with van der Waals surface area (Å²) in [5.74, 6) is 0.780. The Morgan fingerprint density at radius 2 is 1.95 bits per heavy atom. The van der Waals surface area contributed by atoms with E-state index in [1.54, 1.807) is 11.6 Å². The summed E-state index contributed by atoms with van der Waals surface area (Å²) in [6.45, 7) is 0. The smallest absolute Gasteiger partial charge is 0.328 e. The molecule has 7 heteroatoms. The normalized spacial score (nSPS) is 12.1. The minimum Gasteiger partial charge on any atom is -0.439 e. The Bertz CT molecular complexity index is 861. The number of imidazole rings is 1. The predicted molar refractivity (Wildman–Crippen MR) is 68.2 cm³/mol. The molecule has 1 aromatic carbocycles. The fourth-order valence-electron chi connectivity index (χ4n) is 1.94. The number of hydrogen-bond donors (Lipinski definition) is 1. The molecule has 0 amide bonds. The van der Waals surface area contributed by atoms with Crippen LogP contribution in [0.4, 0.5) is 0 Å². The summed E-state index contributed by atoms with van der Waals surface area (Å²) in [6.07, 6.45) is 0. The highest BCUT2D eigenvalue weighted by Gasteiger charge is 2.18. The van der Waals surface area contributed by atoms with E-state index in [0.29, 0.717) is 5.82 Å². The van der Waals surface area contributed by atoms with Crippen LogP contribution in [0.2, 0.25) is 0 Å². The molecule has 3 rings (SSSR count). The van der Waals surface area contributed by atoms with Gasteiger partial charge in [-0.15, -0.1) is 0 Å². The number of aromatic nitrogens is 2. The molecule has 0 aliphatic carbocycles. The molecule has 0 fully saturated rings. The molecule has 19 heavy (non-hydrogen) atoms. The number of rotatable bonds is 2. The number of fused-ring (bicyclic) bond motifs is 1. The lowest BCUT2D eigenvalue weighted by molar-refractivity contribution is 0.412. The van der Waals surface area contributed by atoms with Gasteiger partial charge in [-0.05, 0) is 24.3 Å². The molecule has 0 radical (unpaired) electrons. The van der Waals surface area contributed by atoms with Crippen molar-refractivity contribution in [3.8, 4) is 11.6 Å². The molecule has 0 atom stereocenters. The lowest BCUT2D eigenvalue weighted by Crippen LogP contribution is -1.95. The molecule has 3 aromatic rings. The van der Waals surface area contributed by atoms with Gasteiger partial charge in [-0.1, -0.05) is 12.1 Å². The van der Waals surface area contributed by atoms with Gasteiger partial charge in [0.15, 0.2) is 11.6 Å². The average molecular weight is 278 g/mol. The molecule has 0 aliphatic heterocycles. The van der Waals surface area contributed by atoms with Gasteiger partial charge in [0.2, 0.25) is 5.09 Å². The number of hydrogen-bond acceptors (Lipinski definition) is 4. The number of para-hydroxylation sites is 2. The Hall–Kier alpha value is -2.12. The molecular formula is C12H10N2O4S. The highest BCUT2D eigenvalue weighted by molar-refractivity contribution is 7.85. The van der Waals surface area contributed by atoms with Gasteiger partial charge in [0, 0.05) is 7.05 Å². The SMILES string of the molecule is Cn1c(-c2ccc(S(=O)(=O)O)o2)nc2ccccc21. The van der Waals surface area contributed by atoms with Gasteiger partial charge < -0.3 is 8.98 Å². The van der Waals surface area contributed by atoms with Crippen LogP contribution in [0.1, 0.15) is 0 Å². The lowest BCUT2D eigenvalue weighted by Gasteiger charge is -1.98. The maximum atomic E-state index is 11.0. The topological polar surface area (TPSA) is 85.3 Å². The zero-order chi connectivity index (χ0) is 13.6. The largest absolute Gasteiger partial charge is 0.439 e. The van der Waals surface area contributed by atoms with Gasteiger partial charge in [-0.25, -0.2) is 4.98 Å². The molecule has 0 spiro atoms. The van der Waals surface area contributed by atoms with Crippen molar-refractivity contribution >= 4 is 21.2 Å². The van der Waals surface area contributed by atoms with E-state index < -0.39 is 15.2 Å². The maximum absolute atomic E-state index is 11.0. The minimum atomic E-state index is -4.34. The van der Waals surface area contributed by atoms with Crippen LogP contribution in [-0.4, -0.2) is 22.5 Å². The quantitative estimate of drug-likeness (QED) is 0.725. The van der Waals surface area contributed by atoms with Crippen molar-refractivity contribution in [3.05, 3.63) is 36.4 Å². The Morgan fingerprint density at radius 1 is 1.21 bits per heavy atom. The standard InChI is InChI=1S/C12H10N2O4S/c1-14-9-5-3-2-4-8(9)13-12(14)10-6-7-11(18-10)19(15,16)17/h2-7H,1H3,(H,15,16,17). The molecule has 2 heterocycles. The fraction of sp³-hybridized carbons (Fsp3) is 0.0833. The van der Waals surface area contributed by atoms with Crippen LogP contribution in [0.25, 0.3) is 22.6 Å². The van der Waals surface area contributed by atoms with Crippen LogP contribution in [-0.2, 0) is 17.2 Å². The summed E-state index contributed by atoms with van der Waals surface area (Å²) < 4.78 is 37.8. The molecule has 0 unspecified atom stereocenters. The summed E-state index contributed by atoms with van der Waals surface area (Å²) in [5, 5.41) is -0.491. The van der Waals surface area contributed by atoms with Gasteiger partial charge in [0.1, 0.15) is 0 Å². The fourth-order valence-corrected chi connectivity index (χ4v) is 2.38. The van der Waals surface area contributed by atoms with Crippen LogP contribution in [0.5, 0.6) is 0 Å². The summed E-state index contributed by atoms with van der Waals surface area (Å²) >= 11 is 0. The third-order valence-corrected chi connectivity index (χ3v) is 3.57. The summed E-state index contributed by atoms with van der Waals surface area (Å²) in [7, 11) is -2.53. The van der Waals surface area contributed by atoms with Crippen molar-refractivity contribution in [2.75, 3.05) is 0 Å². The number of benzene rings is 1. The highest BCUT2D eigenvalue weighted by atomic mass is 32.2. The number of aryl methyl sites for hydroxylation is 1. The second-order valence-electron chi connectivity index (χ2n) is 4.08. The van der Waals surface area contributed by atoms with Crippen LogP contribution in [0.3, 0.4) is 0 Å². The van der Waals surface area contributed by atoms with Gasteiger partial charge in [-0.2, -0.15) is 8.42 Å². The molecule has 0 saturated carbocycles. The molecule has 6 nitrogen and oxygen atoms in total. The maximum Gasteiger partial charge on any atom is 0.328 e. The molecule has 2 aromatic heterocycles. The molecule has 1 N–H and O–H groups in total. The van der Waals surface area contributed by atoms with Crippen LogP contribution < -0.4 is 0 Å². The summed E-state index contributed by atoms with van der Waals surface area (Å²) in [6, 6.07) is 10.2. The molecular weight excluding hydrogens is 268 g/mol. The van der Waals surface area contributed by atoms with Crippen molar-refractivity contribution in [2.24, 2.45) is 7.05 Å². The second kappa shape index (κ2) is 3.94. The average Bonchev–Trinajstić information content (AvgIpc) is 2.94. The van der Waals surface area contributed by atoms with E-state index in [1.165, 1.54) is 12.1 Å². The van der Waals surface area contributed by atoms with E-state index in [2.05, 4.69) is 4.98 Å². The van der Waals surface area contributed by atoms with Crippen LogP contribution in [0.15, 0.2) is 45.9 Å². The van der Waals surface area contributed by atoms with E-state index >= 15 is 0 Å². The minimum absolute atomic E-state index is 0.284. The van der Waals surface area contributed by atoms with Crippen molar-refractivity contribution in [2.45, 2.75) is 5.09 Å². The van der Waals surface area contributed by atoms with Crippen molar-refractivity contribution in [1.82, 2.24) is 9.55 Å². The predicted octanol–water partition coefficient (Wildman–Crippen LogP) is 2.08. The van der Waals surface area contributed by atoms with E-state index in [0.717, 1.165) is 11.0 Å². The number of furan rings is 1. The Labute approximate surface area is 109 Å². The Balaban J connectivity index is 2.20. The lowest BCUT2D eigenvalue weighted by atomic mass is 10.3. The first-order chi connectivity index (χ1) is 8.97. The van der Waals surface area contributed by atoms with Crippen LogP contribution in [0, 0.1) is 0 Å². The molecule has 0 bridgehead atoms. The second-order valence-corrected chi connectivity index (χ2v) is 5.43. The molecule has 98 valence electrons. The van der Waals surface area contributed by atoms with Crippen molar-refractivity contribution < 1.29 is 17.4 Å². The Kier molecular flexibility index (Phi) is 2.48. The van der Waals surface area contributed by atoms with Gasteiger partial charge in [-0.3, -0.25) is 4.55 Å². The third kappa shape index (κ3) is 1.92. The summed E-state index contributed by atoms with van der Waals surface area (Å²) in [4.78, 5) is 4.37. The zero-order valence-corrected chi connectivity index (χ0v) is 10.8. The first kappa shape index (κ1) is 11.9. The van der Waals surface area contributed by atoms with Gasteiger partial charge >= 0.3 is 10.1 Å². The van der Waals surface area contributed by atoms with E-state index in [9.17, 15) is 8.42 Å².